The van der Waals surface area contributed by atoms with Crippen LogP contribution >= 0.6 is 0 Å². The van der Waals surface area contributed by atoms with E-state index in [9.17, 15) is 14.4 Å². The standard InChI is InChI=1S/C11H18N2O5/c1-18-9(14)5-4-8(11(16)17)13-10(15)7-3-2-6-12-7/h7-8,12H,2-6H2,1H3,(H,13,15)(H,16,17). The van der Waals surface area contributed by atoms with E-state index < -0.39 is 18.0 Å². The van der Waals surface area contributed by atoms with Crippen LogP contribution in [0.4, 0.5) is 0 Å². The van der Waals surface area contributed by atoms with Gasteiger partial charge in [-0.25, -0.2) is 4.79 Å². The van der Waals surface area contributed by atoms with Crippen LogP contribution in [-0.4, -0.2) is 48.7 Å². The highest BCUT2D eigenvalue weighted by molar-refractivity contribution is 5.87. The van der Waals surface area contributed by atoms with Gasteiger partial charge in [0, 0.05) is 6.42 Å². The van der Waals surface area contributed by atoms with Gasteiger partial charge >= 0.3 is 11.9 Å². The summed E-state index contributed by atoms with van der Waals surface area (Å²) >= 11 is 0. The summed E-state index contributed by atoms with van der Waals surface area (Å²) in [6.45, 7) is 0.762. The molecule has 0 saturated carbocycles. The topological polar surface area (TPSA) is 105 Å². The third-order valence-electron chi connectivity index (χ3n) is 2.86. The summed E-state index contributed by atoms with van der Waals surface area (Å²) in [7, 11) is 1.24. The van der Waals surface area contributed by atoms with Crippen molar-refractivity contribution >= 4 is 17.8 Å². The molecule has 0 spiro atoms. The fourth-order valence-corrected chi connectivity index (χ4v) is 1.80. The molecule has 0 aromatic carbocycles. The predicted octanol–water partition coefficient (Wildman–Crippen LogP) is -0.739. The van der Waals surface area contributed by atoms with Crippen molar-refractivity contribution in [2.24, 2.45) is 0 Å². The number of amides is 1. The van der Waals surface area contributed by atoms with Gasteiger partial charge in [-0.05, 0) is 25.8 Å². The number of esters is 1. The second-order valence-corrected chi connectivity index (χ2v) is 4.16. The molecule has 0 aromatic rings. The van der Waals surface area contributed by atoms with Crippen molar-refractivity contribution in [3.05, 3.63) is 0 Å². The van der Waals surface area contributed by atoms with Gasteiger partial charge in [-0.3, -0.25) is 9.59 Å². The highest BCUT2D eigenvalue weighted by Crippen LogP contribution is 2.06. The van der Waals surface area contributed by atoms with E-state index in [4.69, 9.17) is 5.11 Å². The summed E-state index contributed by atoms with van der Waals surface area (Å²) in [4.78, 5) is 33.6. The van der Waals surface area contributed by atoms with Crippen LogP contribution in [0.25, 0.3) is 0 Å². The Balaban J connectivity index is 2.44. The van der Waals surface area contributed by atoms with Gasteiger partial charge in [0.25, 0.3) is 0 Å². The normalized spacial score (nSPS) is 20.2. The van der Waals surface area contributed by atoms with Crippen molar-refractivity contribution in [1.82, 2.24) is 10.6 Å². The van der Waals surface area contributed by atoms with E-state index >= 15 is 0 Å². The number of nitrogens with one attached hydrogen (secondary N) is 2. The molecule has 0 bridgehead atoms. The zero-order valence-corrected chi connectivity index (χ0v) is 10.3. The smallest absolute Gasteiger partial charge is 0.326 e. The van der Waals surface area contributed by atoms with E-state index in [2.05, 4.69) is 15.4 Å². The summed E-state index contributed by atoms with van der Waals surface area (Å²) < 4.78 is 4.43. The number of carboxylic acids is 1. The number of methoxy groups -OCH3 is 1. The number of ether oxygens (including phenoxy) is 1. The molecule has 1 amide bonds. The minimum absolute atomic E-state index is 0.0282. The summed E-state index contributed by atoms with van der Waals surface area (Å²) in [5.74, 6) is -1.97. The van der Waals surface area contributed by atoms with Crippen LogP contribution < -0.4 is 10.6 Å². The Kier molecular flexibility index (Phi) is 5.57. The van der Waals surface area contributed by atoms with Crippen LogP contribution in [0, 0.1) is 0 Å². The lowest BCUT2D eigenvalue weighted by Crippen LogP contribution is -2.48. The third kappa shape index (κ3) is 4.33. The lowest BCUT2D eigenvalue weighted by atomic mass is 10.1. The number of rotatable bonds is 6. The van der Waals surface area contributed by atoms with Gasteiger partial charge in [0.1, 0.15) is 6.04 Å². The summed E-state index contributed by atoms with van der Waals surface area (Å²) in [6, 6.07) is -1.39. The van der Waals surface area contributed by atoms with E-state index in [1.165, 1.54) is 7.11 Å². The monoisotopic (exact) mass is 258 g/mol. The summed E-state index contributed by atoms with van der Waals surface area (Å²) in [5, 5.41) is 14.4. The molecule has 1 heterocycles. The van der Waals surface area contributed by atoms with Gasteiger partial charge < -0.3 is 20.5 Å². The molecule has 102 valence electrons. The number of aliphatic carboxylic acids is 1. The van der Waals surface area contributed by atoms with Crippen molar-refractivity contribution in [2.45, 2.75) is 37.8 Å². The van der Waals surface area contributed by atoms with E-state index in [0.717, 1.165) is 13.0 Å². The molecular weight excluding hydrogens is 240 g/mol. The number of hydrogen-bond donors (Lipinski definition) is 3. The molecule has 1 aliphatic heterocycles. The second kappa shape index (κ2) is 6.95. The Morgan fingerprint density at radius 3 is 2.72 bits per heavy atom. The van der Waals surface area contributed by atoms with Crippen LogP contribution in [0.1, 0.15) is 25.7 Å². The molecule has 1 saturated heterocycles. The molecule has 2 unspecified atom stereocenters. The second-order valence-electron chi connectivity index (χ2n) is 4.16. The first-order valence-corrected chi connectivity index (χ1v) is 5.88. The van der Waals surface area contributed by atoms with E-state index in [1.807, 2.05) is 0 Å². The van der Waals surface area contributed by atoms with Crippen LogP contribution in [0.5, 0.6) is 0 Å². The first kappa shape index (κ1) is 14.4. The van der Waals surface area contributed by atoms with Gasteiger partial charge in [0.15, 0.2) is 0 Å². The lowest BCUT2D eigenvalue weighted by molar-refractivity contribution is -0.144. The molecule has 1 fully saturated rings. The van der Waals surface area contributed by atoms with Crippen LogP contribution in [0.3, 0.4) is 0 Å². The fourth-order valence-electron chi connectivity index (χ4n) is 1.80. The Bertz CT molecular complexity index is 325. The molecule has 2 atom stereocenters. The minimum atomic E-state index is -1.15. The maximum Gasteiger partial charge on any atom is 0.326 e. The number of hydrogen-bond acceptors (Lipinski definition) is 5. The maximum absolute atomic E-state index is 11.7. The predicted molar refractivity (Wildman–Crippen MR) is 61.8 cm³/mol. The van der Waals surface area contributed by atoms with E-state index in [0.29, 0.717) is 6.42 Å². The quantitative estimate of drug-likeness (QED) is 0.542. The van der Waals surface area contributed by atoms with Crippen molar-refractivity contribution in [3.8, 4) is 0 Å². The first-order chi connectivity index (χ1) is 8.54. The van der Waals surface area contributed by atoms with Gasteiger partial charge in [0.05, 0.1) is 13.2 Å². The first-order valence-electron chi connectivity index (χ1n) is 5.88. The Labute approximate surface area is 105 Å². The third-order valence-corrected chi connectivity index (χ3v) is 2.86. The molecule has 3 N–H and O–H groups in total. The molecule has 0 aliphatic carbocycles. The van der Waals surface area contributed by atoms with Crippen LogP contribution in [-0.2, 0) is 19.1 Å². The van der Waals surface area contributed by atoms with Crippen molar-refractivity contribution in [1.29, 1.82) is 0 Å². The Hall–Kier alpha value is -1.63. The average molecular weight is 258 g/mol. The molecule has 7 nitrogen and oxygen atoms in total. The Morgan fingerprint density at radius 2 is 2.22 bits per heavy atom. The highest BCUT2D eigenvalue weighted by Gasteiger charge is 2.27. The van der Waals surface area contributed by atoms with E-state index in [-0.39, 0.29) is 24.8 Å². The van der Waals surface area contributed by atoms with Crippen molar-refractivity contribution < 1.29 is 24.2 Å². The highest BCUT2D eigenvalue weighted by atomic mass is 16.5. The number of carbonyl (C=O) groups excluding carboxylic acids is 2. The fraction of sp³-hybridized carbons (Fsp3) is 0.727. The van der Waals surface area contributed by atoms with Crippen LogP contribution in [0.2, 0.25) is 0 Å². The van der Waals surface area contributed by atoms with E-state index in [1.54, 1.807) is 0 Å². The molecule has 18 heavy (non-hydrogen) atoms. The SMILES string of the molecule is COC(=O)CCC(NC(=O)C1CCCN1)C(=O)O. The molecule has 7 heteroatoms. The maximum atomic E-state index is 11.7. The van der Waals surface area contributed by atoms with Gasteiger partial charge in [0.2, 0.25) is 5.91 Å². The lowest BCUT2D eigenvalue weighted by Gasteiger charge is -2.17. The molecule has 1 rings (SSSR count). The van der Waals surface area contributed by atoms with Gasteiger partial charge in [-0.2, -0.15) is 0 Å². The minimum Gasteiger partial charge on any atom is -0.480 e. The van der Waals surface area contributed by atoms with Gasteiger partial charge in [-0.15, -0.1) is 0 Å². The molecule has 0 radical (unpaired) electrons. The molecule has 1 aliphatic rings. The largest absolute Gasteiger partial charge is 0.480 e. The zero-order chi connectivity index (χ0) is 13.5. The molecular formula is C11H18N2O5. The summed E-state index contributed by atoms with van der Waals surface area (Å²) in [5.41, 5.74) is 0. The van der Waals surface area contributed by atoms with Gasteiger partial charge in [-0.1, -0.05) is 0 Å². The number of carbonyl (C=O) groups is 3. The van der Waals surface area contributed by atoms with Crippen molar-refractivity contribution in [3.63, 3.8) is 0 Å². The Morgan fingerprint density at radius 1 is 1.50 bits per heavy atom. The summed E-state index contributed by atoms with van der Waals surface area (Å²) in [6.07, 6.45) is 1.60. The van der Waals surface area contributed by atoms with Crippen LogP contribution in [0.15, 0.2) is 0 Å². The average Bonchev–Trinajstić information content (AvgIpc) is 2.87. The zero-order valence-electron chi connectivity index (χ0n) is 10.3. The molecule has 0 aromatic heterocycles. The van der Waals surface area contributed by atoms with Crippen molar-refractivity contribution in [2.75, 3.05) is 13.7 Å². The number of carboxylic acid groups (broad SMARTS) is 1.